The Balaban J connectivity index is 0.00000196. The van der Waals surface area contributed by atoms with Crippen LogP contribution in [0.25, 0.3) is 10.8 Å². The molecule has 4 nitrogen and oxygen atoms in total. The molecular weight excluding hydrogens is 413 g/mol. The first-order valence-corrected chi connectivity index (χ1v) is 9.68. The number of nitrogens with two attached hydrogens (primary N) is 1. The van der Waals surface area contributed by atoms with Crippen LogP contribution in [0.5, 0.6) is 0 Å². The fourth-order valence-electron chi connectivity index (χ4n) is 2.85. The number of hydrogen-bond donors (Lipinski definition) is 2. The molecule has 0 aliphatic carbocycles. The van der Waals surface area contributed by atoms with E-state index in [1.165, 1.54) is 5.39 Å². The van der Waals surface area contributed by atoms with Gasteiger partial charge < -0.3 is 11.1 Å². The van der Waals surface area contributed by atoms with Crippen LogP contribution in [0.4, 0.5) is 0 Å². The molecule has 0 saturated heterocycles. The van der Waals surface area contributed by atoms with Crippen LogP contribution >= 0.6 is 36.2 Å². The van der Waals surface area contributed by atoms with E-state index in [9.17, 15) is 4.79 Å². The van der Waals surface area contributed by atoms with Gasteiger partial charge in [0.05, 0.1) is 23.2 Å². The molecule has 0 aliphatic rings. The summed E-state index contributed by atoms with van der Waals surface area (Å²) in [6.45, 7) is 6.73. The predicted molar refractivity (Wildman–Crippen MR) is 123 cm³/mol. The highest BCUT2D eigenvalue weighted by Crippen LogP contribution is 2.26. The molecule has 3 N–H and O–H groups in total. The fourth-order valence-corrected chi connectivity index (χ4v) is 3.75. The number of carbonyl (C=O) groups is 1. The van der Waals surface area contributed by atoms with Crippen LogP contribution in [0.2, 0.25) is 0 Å². The van der Waals surface area contributed by atoms with E-state index in [1.807, 2.05) is 23.6 Å². The number of benzene rings is 2. The monoisotopic (exact) mass is 439 g/mol. The fraction of sp³-hybridized carbons (Fsp3) is 0.333. The minimum atomic E-state index is -0.201. The largest absolute Gasteiger partial charge is 0.348 e. The maximum absolute atomic E-state index is 12.5. The van der Waals surface area contributed by atoms with Gasteiger partial charge in [-0.25, -0.2) is 4.98 Å². The summed E-state index contributed by atoms with van der Waals surface area (Å²) in [6.07, 6.45) is 0.274. The van der Waals surface area contributed by atoms with Crippen molar-refractivity contribution in [1.29, 1.82) is 0 Å². The summed E-state index contributed by atoms with van der Waals surface area (Å²) < 4.78 is 0. The van der Waals surface area contributed by atoms with Gasteiger partial charge in [0.25, 0.3) is 0 Å². The Bertz CT molecular complexity index is 921. The summed E-state index contributed by atoms with van der Waals surface area (Å²) in [5, 5.41) is 8.38. The molecule has 0 radical (unpaired) electrons. The molecule has 0 saturated carbocycles. The summed E-state index contributed by atoms with van der Waals surface area (Å²) >= 11 is 1.61. The third kappa shape index (κ3) is 5.92. The van der Waals surface area contributed by atoms with Crippen LogP contribution < -0.4 is 11.1 Å². The first-order valence-electron chi connectivity index (χ1n) is 8.80. The van der Waals surface area contributed by atoms with E-state index in [4.69, 9.17) is 5.73 Å². The highest BCUT2D eigenvalue weighted by Gasteiger charge is 2.20. The Morgan fingerprint density at radius 3 is 2.43 bits per heavy atom. The molecule has 7 heteroatoms. The van der Waals surface area contributed by atoms with Gasteiger partial charge in [0, 0.05) is 17.3 Å². The number of nitrogens with zero attached hydrogens (tertiary/aromatic N) is 1. The van der Waals surface area contributed by atoms with Crippen molar-refractivity contribution in [2.75, 3.05) is 6.54 Å². The van der Waals surface area contributed by atoms with Crippen molar-refractivity contribution in [3.8, 4) is 0 Å². The number of nitrogens with one attached hydrogen (secondary N) is 1. The third-order valence-corrected chi connectivity index (χ3v) is 5.60. The van der Waals surface area contributed by atoms with E-state index in [0.717, 1.165) is 21.7 Å². The zero-order chi connectivity index (χ0) is 18.7. The second kappa shape index (κ2) is 10.2. The molecule has 1 unspecified atom stereocenters. The molecule has 3 aromatic rings. The van der Waals surface area contributed by atoms with Crippen molar-refractivity contribution in [2.24, 2.45) is 5.73 Å². The van der Waals surface area contributed by atoms with Crippen LogP contribution in [0.15, 0.2) is 47.8 Å². The van der Waals surface area contributed by atoms with Crippen LogP contribution in [-0.4, -0.2) is 17.4 Å². The Morgan fingerprint density at radius 1 is 1.14 bits per heavy atom. The van der Waals surface area contributed by atoms with Gasteiger partial charge in [-0.15, -0.1) is 36.2 Å². The lowest BCUT2D eigenvalue weighted by Crippen LogP contribution is -2.34. The van der Waals surface area contributed by atoms with Gasteiger partial charge in [0.2, 0.25) is 5.91 Å². The Hall–Kier alpha value is -1.66. The molecule has 1 aromatic heterocycles. The molecule has 0 fully saturated rings. The minimum absolute atomic E-state index is 0. The van der Waals surface area contributed by atoms with E-state index in [2.05, 4.69) is 55.3 Å². The van der Waals surface area contributed by atoms with Gasteiger partial charge in [-0.05, 0) is 22.4 Å². The average Bonchev–Trinajstić information content (AvgIpc) is 3.08. The summed E-state index contributed by atoms with van der Waals surface area (Å²) in [5.74, 6) is -0.0561. The lowest BCUT2D eigenvalue weighted by Gasteiger charge is -2.18. The molecule has 28 heavy (non-hydrogen) atoms. The van der Waals surface area contributed by atoms with Crippen molar-refractivity contribution in [2.45, 2.75) is 38.6 Å². The predicted octanol–water partition coefficient (Wildman–Crippen LogP) is 4.80. The van der Waals surface area contributed by atoms with E-state index in [0.29, 0.717) is 6.54 Å². The zero-order valence-corrected chi connectivity index (χ0v) is 18.7. The molecule has 0 spiro atoms. The number of carbonyl (C=O) groups excluding carboxylic acids is 1. The molecule has 1 atom stereocenters. The van der Waals surface area contributed by atoms with Crippen molar-refractivity contribution < 1.29 is 4.79 Å². The Kier molecular flexibility index (Phi) is 8.89. The zero-order valence-electron chi connectivity index (χ0n) is 16.3. The molecule has 152 valence electrons. The van der Waals surface area contributed by atoms with E-state index in [1.54, 1.807) is 11.3 Å². The van der Waals surface area contributed by atoms with Crippen LogP contribution in [-0.2, 0) is 16.6 Å². The Morgan fingerprint density at radius 2 is 1.82 bits per heavy atom. The van der Waals surface area contributed by atoms with Gasteiger partial charge in [-0.3, -0.25) is 4.79 Å². The van der Waals surface area contributed by atoms with Crippen LogP contribution in [0, 0.1) is 0 Å². The highest BCUT2D eigenvalue weighted by molar-refractivity contribution is 7.09. The van der Waals surface area contributed by atoms with Gasteiger partial charge in [0.1, 0.15) is 0 Å². The van der Waals surface area contributed by atoms with Crippen molar-refractivity contribution in [3.05, 3.63) is 64.1 Å². The highest BCUT2D eigenvalue weighted by atomic mass is 35.5. The van der Waals surface area contributed by atoms with E-state index in [-0.39, 0.29) is 48.6 Å². The quantitative estimate of drug-likeness (QED) is 0.599. The lowest BCUT2D eigenvalue weighted by molar-refractivity contribution is -0.121. The molecular formula is C21H27Cl2N3OS. The topological polar surface area (TPSA) is 68.0 Å². The van der Waals surface area contributed by atoms with Crippen molar-refractivity contribution in [1.82, 2.24) is 10.3 Å². The van der Waals surface area contributed by atoms with Gasteiger partial charge in [-0.2, -0.15) is 0 Å². The third-order valence-electron chi connectivity index (χ3n) is 4.28. The van der Waals surface area contributed by atoms with E-state index < -0.39 is 0 Å². The summed E-state index contributed by atoms with van der Waals surface area (Å²) in [6, 6.07) is 14.2. The number of halogens is 2. The van der Waals surface area contributed by atoms with Gasteiger partial charge in [-0.1, -0.05) is 57.2 Å². The standard InChI is InChI=1S/C21H25N3OS.2ClH/c1-21(2,3)20-23-17(13-26-20)11-19(25)24-18(12-22)16-9-8-14-6-4-5-7-15(14)10-16;;/h4-10,13,18H,11-12,22H2,1-3H3,(H,24,25);2*1H. The van der Waals surface area contributed by atoms with Gasteiger partial charge >= 0.3 is 0 Å². The van der Waals surface area contributed by atoms with Crippen LogP contribution in [0.1, 0.15) is 43.1 Å². The first-order chi connectivity index (χ1) is 12.4. The number of amides is 1. The normalized spacial score (nSPS) is 12.0. The second-order valence-electron chi connectivity index (χ2n) is 7.53. The van der Waals surface area contributed by atoms with Crippen molar-refractivity contribution >= 4 is 52.8 Å². The molecule has 3 rings (SSSR count). The number of aromatic nitrogens is 1. The minimum Gasteiger partial charge on any atom is -0.348 e. The molecule has 1 heterocycles. The molecule has 0 aliphatic heterocycles. The first kappa shape index (κ1) is 24.4. The van der Waals surface area contributed by atoms with Crippen molar-refractivity contribution in [3.63, 3.8) is 0 Å². The van der Waals surface area contributed by atoms with E-state index >= 15 is 0 Å². The smallest absolute Gasteiger partial charge is 0.226 e. The summed E-state index contributed by atoms with van der Waals surface area (Å²) in [5.41, 5.74) is 7.76. The summed E-state index contributed by atoms with van der Waals surface area (Å²) in [7, 11) is 0. The molecule has 1 amide bonds. The average molecular weight is 440 g/mol. The number of hydrogen-bond acceptors (Lipinski definition) is 4. The lowest BCUT2D eigenvalue weighted by atomic mass is 9.98. The maximum Gasteiger partial charge on any atom is 0.226 e. The maximum atomic E-state index is 12.5. The Labute approximate surface area is 182 Å². The number of thiazole rings is 1. The molecule has 0 bridgehead atoms. The van der Waals surface area contributed by atoms with Gasteiger partial charge in [0.15, 0.2) is 0 Å². The number of fused-ring (bicyclic) bond motifs is 1. The SMILES string of the molecule is CC(C)(C)c1nc(CC(=O)NC(CN)c2ccc3ccccc3c2)cs1.Cl.Cl. The molecule has 2 aromatic carbocycles. The second-order valence-corrected chi connectivity index (χ2v) is 8.39. The summed E-state index contributed by atoms with van der Waals surface area (Å²) in [4.78, 5) is 17.1. The number of rotatable bonds is 5. The van der Waals surface area contributed by atoms with Crippen LogP contribution in [0.3, 0.4) is 0 Å².